The summed E-state index contributed by atoms with van der Waals surface area (Å²) in [6, 6.07) is 16.8. The van der Waals surface area contributed by atoms with Crippen LogP contribution in [0.4, 0.5) is 0 Å². The fourth-order valence-electron chi connectivity index (χ4n) is 3.04. The number of benzene rings is 2. The van der Waals surface area contributed by atoms with E-state index in [1.54, 1.807) is 20.1 Å². The van der Waals surface area contributed by atoms with E-state index in [0.29, 0.717) is 6.54 Å². The summed E-state index contributed by atoms with van der Waals surface area (Å²) in [5.41, 5.74) is 2.04. The van der Waals surface area contributed by atoms with Crippen LogP contribution in [0.1, 0.15) is 24.0 Å². The summed E-state index contributed by atoms with van der Waals surface area (Å²) >= 11 is 0. The van der Waals surface area contributed by atoms with Crippen molar-refractivity contribution in [2.75, 3.05) is 34.3 Å². The third-order valence-corrected chi connectivity index (χ3v) is 4.67. The fraction of sp³-hybridized carbons (Fsp3) is 0.333. The summed E-state index contributed by atoms with van der Waals surface area (Å²) < 4.78 is 5.11. The van der Waals surface area contributed by atoms with Gasteiger partial charge in [0.05, 0.1) is 7.11 Å². The summed E-state index contributed by atoms with van der Waals surface area (Å²) in [5, 5.41) is 5.66. The van der Waals surface area contributed by atoms with Gasteiger partial charge in [-0.3, -0.25) is 9.59 Å². The van der Waals surface area contributed by atoms with Crippen molar-refractivity contribution in [1.29, 1.82) is 0 Å². The number of rotatable bonds is 10. The van der Waals surface area contributed by atoms with Gasteiger partial charge in [0.15, 0.2) is 0 Å². The van der Waals surface area contributed by atoms with Gasteiger partial charge in [0, 0.05) is 25.1 Å². The zero-order valence-electron chi connectivity index (χ0n) is 18.1. The van der Waals surface area contributed by atoms with Crippen LogP contribution in [0, 0.1) is 0 Å². The molecule has 0 aliphatic carbocycles. The predicted molar refractivity (Wildman–Crippen MR) is 120 cm³/mol. The van der Waals surface area contributed by atoms with E-state index >= 15 is 0 Å². The van der Waals surface area contributed by atoms with E-state index in [1.165, 1.54) is 11.6 Å². The molecule has 2 aromatic rings. The largest absolute Gasteiger partial charge is 0.497 e. The van der Waals surface area contributed by atoms with Crippen molar-refractivity contribution in [2.24, 2.45) is 0 Å². The second-order valence-corrected chi connectivity index (χ2v) is 7.45. The highest BCUT2D eigenvalue weighted by molar-refractivity contribution is 5.95. The SMILES string of the molecule is COc1ccc(/C=C/C(=O)NC(C)C(=O)NCC(CN(C)C)c2ccccc2)cc1. The Balaban J connectivity index is 1.86. The summed E-state index contributed by atoms with van der Waals surface area (Å²) in [7, 11) is 5.62. The molecule has 2 unspecified atom stereocenters. The Morgan fingerprint density at radius 1 is 1.07 bits per heavy atom. The monoisotopic (exact) mass is 409 g/mol. The minimum atomic E-state index is -0.631. The number of nitrogens with one attached hydrogen (secondary N) is 2. The lowest BCUT2D eigenvalue weighted by molar-refractivity contribution is -0.126. The van der Waals surface area contributed by atoms with Gasteiger partial charge in [-0.1, -0.05) is 42.5 Å². The van der Waals surface area contributed by atoms with Crippen molar-refractivity contribution >= 4 is 17.9 Å². The summed E-state index contributed by atoms with van der Waals surface area (Å²) in [5.74, 6) is 0.398. The second-order valence-electron chi connectivity index (χ2n) is 7.45. The van der Waals surface area contributed by atoms with Crippen LogP contribution in [-0.2, 0) is 9.59 Å². The lowest BCUT2D eigenvalue weighted by Gasteiger charge is -2.23. The first-order valence-corrected chi connectivity index (χ1v) is 9.99. The van der Waals surface area contributed by atoms with E-state index in [4.69, 9.17) is 4.74 Å². The molecule has 0 saturated carbocycles. The van der Waals surface area contributed by atoms with Crippen LogP contribution in [0.2, 0.25) is 0 Å². The van der Waals surface area contributed by atoms with Gasteiger partial charge < -0.3 is 20.3 Å². The fourth-order valence-corrected chi connectivity index (χ4v) is 3.04. The second kappa shape index (κ2) is 11.8. The van der Waals surface area contributed by atoms with E-state index in [-0.39, 0.29) is 17.7 Å². The van der Waals surface area contributed by atoms with Crippen molar-refractivity contribution in [3.63, 3.8) is 0 Å². The Bertz CT molecular complexity index is 833. The molecule has 0 aromatic heterocycles. The highest BCUT2D eigenvalue weighted by atomic mass is 16.5. The molecule has 0 radical (unpaired) electrons. The highest BCUT2D eigenvalue weighted by Crippen LogP contribution is 2.15. The molecule has 2 aromatic carbocycles. The van der Waals surface area contributed by atoms with Gasteiger partial charge in [0.2, 0.25) is 11.8 Å². The molecule has 6 nitrogen and oxygen atoms in total. The molecule has 0 aliphatic heterocycles. The normalized spacial score (nSPS) is 13.1. The van der Waals surface area contributed by atoms with Gasteiger partial charge in [-0.2, -0.15) is 0 Å². The van der Waals surface area contributed by atoms with Gasteiger partial charge in [0.25, 0.3) is 0 Å². The van der Waals surface area contributed by atoms with Crippen molar-refractivity contribution < 1.29 is 14.3 Å². The van der Waals surface area contributed by atoms with Crippen LogP contribution in [0.25, 0.3) is 6.08 Å². The van der Waals surface area contributed by atoms with Gasteiger partial charge in [-0.15, -0.1) is 0 Å². The van der Waals surface area contributed by atoms with E-state index in [0.717, 1.165) is 17.9 Å². The molecule has 160 valence electrons. The van der Waals surface area contributed by atoms with Gasteiger partial charge in [-0.25, -0.2) is 0 Å². The Labute approximate surface area is 178 Å². The van der Waals surface area contributed by atoms with Crippen molar-refractivity contribution in [1.82, 2.24) is 15.5 Å². The van der Waals surface area contributed by atoms with E-state index in [1.807, 2.05) is 56.6 Å². The van der Waals surface area contributed by atoms with Crippen LogP contribution < -0.4 is 15.4 Å². The number of carbonyl (C=O) groups is 2. The van der Waals surface area contributed by atoms with Crippen LogP contribution in [-0.4, -0.2) is 57.1 Å². The molecular weight excluding hydrogens is 378 g/mol. The highest BCUT2D eigenvalue weighted by Gasteiger charge is 2.18. The predicted octanol–water partition coefficient (Wildman–Crippen LogP) is 2.67. The molecule has 6 heteroatoms. The maximum Gasteiger partial charge on any atom is 0.244 e. The number of likely N-dealkylation sites (N-methyl/N-ethyl adjacent to an activating group) is 1. The Morgan fingerprint density at radius 3 is 2.33 bits per heavy atom. The molecule has 2 amide bonds. The zero-order chi connectivity index (χ0) is 21.9. The number of hydrogen-bond donors (Lipinski definition) is 2. The third-order valence-electron chi connectivity index (χ3n) is 4.67. The number of carbonyl (C=O) groups excluding carboxylic acids is 2. The van der Waals surface area contributed by atoms with Gasteiger partial charge >= 0.3 is 0 Å². The molecule has 2 rings (SSSR count). The van der Waals surface area contributed by atoms with Crippen molar-refractivity contribution in [3.8, 4) is 5.75 Å². The Morgan fingerprint density at radius 2 is 1.73 bits per heavy atom. The van der Waals surface area contributed by atoms with Crippen molar-refractivity contribution in [2.45, 2.75) is 18.9 Å². The molecule has 0 saturated heterocycles. The molecule has 0 heterocycles. The maximum atomic E-state index is 12.5. The topological polar surface area (TPSA) is 70.7 Å². The molecule has 0 bridgehead atoms. The zero-order valence-corrected chi connectivity index (χ0v) is 18.1. The first kappa shape index (κ1) is 23.2. The summed E-state index contributed by atoms with van der Waals surface area (Å²) in [6.45, 7) is 3.00. The standard InChI is InChI=1S/C24H31N3O3/c1-18(26-23(28)15-12-19-10-13-22(30-4)14-11-19)24(29)25-16-21(17-27(2)3)20-8-6-5-7-9-20/h5-15,18,21H,16-17H2,1-4H3,(H,25,29)(H,26,28)/b15-12+. The summed E-state index contributed by atoms with van der Waals surface area (Å²) in [4.78, 5) is 26.7. The van der Waals surface area contributed by atoms with Crippen molar-refractivity contribution in [3.05, 3.63) is 71.8 Å². The number of hydrogen-bond acceptors (Lipinski definition) is 4. The van der Waals surface area contributed by atoms with E-state index in [2.05, 4.69) is 27.7 Å². The van der Waals surface area contributed by atoms with E-state index in [9.17, 15) is 9.59 Å². The molecule has 2 N–H and O–H groups in total. The molecule has 0 fully saturated rings. The Kier molecular flexibility index (Phi) is 9.09. The first-order chi connectivity index (χ1) is 14.4. The smallest absolute Gasteiger partial charge is 0.244 e. The average Bonchev–Trinajstić information content (AvgIpc) is 2.75. The van der Waals surface area contributed by atoms with Crippen LogP contribution >= 0.6 is 0 Å². The molecule has 2 atom stereocenters. The number of methoxy groups -OCH3 is 1. The maximum absolute atomic E-state index is 12.5. The Hall–Kier alpha value is -3.12. The molecule has 30 heavy (non-hydrogen) atoms. The number of amides is 2. The van der Waals surface area contributed by atoms with Crippen LogP contribution in [0.5, 0.6) is 5.75 Å². The minimum absolute atomic E-state index is 0.169. The minimum Gasteiger partial charge on any atom is -0.497 e. The average molecular weight is 410 g/mol. The molecule has 0 spiro atoms. The lowest BCUT2D eigenvalue weighted by Crippen LogP contribution is -2.45. The summed E-state index contributed by atoms with van der Waals surface area (Å²) in [6.07, 6.45) is 3.12. The number of ether oxygens (including phenoxy) is 1. The van der Waals surface area contributed by atoms with E-state index < -0.39 is 6.04 Å². The third kappa shape index (κ3) is 7.72. The molecule has 0 aliphatic rings. The van der Waals surface area contributed by atoms with Gasteiger partial charge in [0.1, 0.15) is 11.8 Å². The first-order valence-electron chi connectivity index (χ1n) is 9.99. The molecular formula is C24H31N3O3. The van der Waals surface area contributed by atoms with Crippen LogP contribution in [0.15, 0.2) is 60.7 Å². The lowest BCUT2D eigenvalue weighted by atomic mass is 9.98. The van der Waals surface area contributed by atoms with Gasteiger partial charge in [-0.05, 0) is 50.4 Å². The van der Waals surface area contributed by atoms with Crippen LogP contribution in [0.3, 0.4) is 0 Å². The quantitative estimate of drug-likeness (QED) is 0.592. The number of nitrogens with zero attached hydrogens (tertiary/aromatic N) is 1.